The molecule has 0 aliphatic heterocycles. The van der Waals surface area contributed by atoms with Crippen LogP contribution in [0.4, 0.5) is 0 Å². The average molecular weight is 346 g/mol. The van der Waals surface area contributed by atoms with Crippen LogP contribution in [0.5, 0.6) is 0 Å². The van der Waals surface area contributed by atoms with Crippen molar-refractivity contribution in [3.05, 3.63) is 39.3 Å². The Bertz CT molecular complexity index is 747. The molecule has 1 aliphatic carbocycles. The van der Waals surface area contributed by atoms with Gasteiger partial charge in [-0.2, -0.15) is 0 Å². The lowest BCUT2D eigenvalue weighted by molar-refractivity contribution is 0.581. The Kier molecular flexibility index (Phi) is 4.11. The second-order valence-corrected chi connectivity index (χ2v) is 8.61. The third kappa shape index (κ3) is 3.32. The van der Waals surface area contributed by atoms with Crippen LogP contribution < -0.4 is 10.5 Å². The van der Waals surface area contributed by atoms with E-state index in [-0.39, 0.29) is 11.4 Å². The quantitative estimate of drug-likeness (QED) is 0.844. The predicted molar refractivity (Wildman–Crippen MR) is 83.9 cm³/mol. The maximum absolute atomic E-state index is 12.3. The highest BCUT2D eigenvalue weighted by Gasteiger charge is 2.27. The summed E-state index contributed by atoms with van der Waals surface area (Å²) in [4.78, 5) is 1.15. The average Bonchev–Trinajstić information content (AvgIpc) is 3.05. The van der Waals surface area contributed by atoms with Crippen molar-refractivity contribution in [2.75, 3.05) is 0 Å². The summed E-state index contributed by atoms with van der Waals surface area (Å²) in [5.74, 6) is 0. The van der Waals surface area contributed by atoms with Crippen LogP contribution in [0.15, 0.2) is 29.3 Å². The SMILES string of the molecule is NCc1cc(S(=O)(=O)NCc2ccc(Cl)s2)cn1C1CC1. The van der Waals surface area contributed by atoms with Crippen molar-refractivity contribution < 1.29 is 8.42 Å². The zero-order valence-electron chi connectivity index (χ0n) is 11.3. The molecule has 0 bridgehead atoms. The van der Waals surface area contributed by atoms with Crippen molar-refractivity contribution in [3.8, 4) is 0 Å². The van der Waals surface area contributed by atoms with Gasteiger partial charge in [-0.1, -0.05) is 11.6 Å². The van der Waals surface area contributed by atoms with Crippen LogP contribution in [0.3, 0.4) is 0 Å². The maximum atomic E-state index is 12.3. The molecule has 2 aromatic rings. The zero-order chi connectivity index (χ0) is 15.0. The lowest BCUT2D eigenvalue weighted by Gasteiger charge is -2.04. The summed E-state index contributed by atoms with van der Waals surface area (Å²) in [5.41, 5.74) is 6.55. The topological polar surface area (TPSA) is 77.1 Å². The highest BCUT2D eigenvalue weighted by molar-refractivity contribution is 7.89. The first-order valence-corrected chi connectivity index (χ1v) is 9.32. The van der Waals surface area contributed by atoms with Crippen molar-refractivity contribution in [2.24, 2.45) is 5.73 Å². The van der Waals surface area contributed by atoms with Crippen LogP contribution >= 0.6 is 22.9 Å². The van der Waals surface area contributed by atoms with E-state index >= 15 is 0 Å². The number of sulfonamides is 1. The van der Waals surface area contributed by atoms with E-state index in [1.165, 1.54) is 11.3 Å². The van der Waals surface area contributed by atoms with E-state index < -0.39 is 10.0 Å². The summed E-state index contributed by atoms with van der Waals surface area (Å²) < 4.78 is 29.9. The molecule has 1 saturated carbocycles. The number of nitrogens with two attached hydrogens (primary N) is 1. The highest BCUT2D eigenvalue weighted by Crippen LogP contribution is 2.37. The number of nitrogens with zero attached hydrogens (tertiary/aromatic N) is 1. The largest absolute Gasteiger partial charge is 0.346 e. The molecule has 8 heteroatoms. The standard InChI is InChI=1S/C13H16ClN3O2S2/c14-13-4-3-11(20-13)7-16-21(18,19)12-5-10(6-15)17(8-12)9-1-2-9/h3-5,8-9,16H,1-2,6-7,15H2. The molecule has 0 saturated heterocycles. The minimum absolute atomic E-state index is 0.242. The molecular formula is C13H16ClN3O2S2. The fourth-order valence-electron chi connectivity index (χ4n) is 2.20. The first-order valence-electron chi connectivity index (χ1n) is 6.64. The van der Waals surface area contributed by atoms with Crippen molar-refractivity contribution in [3.63, 3.8) is 0 Å². The minimum atomic E-state index is -3.53. The molecule has 21 heavy (non-hydrogen) atoms. The van der Waals surface area contributed by atoms with Gasteiger partial charge in [-0.05, 0) is 31.0 Å². The van der Waals surface area contributed by atoms with E-state index in [4.69, 9.17) is 17.3 Å². The molecule has 0 amide bonds. The van der Waals surface area contributed by atoms with Gasteiger partial charge in [0.2, 0.25) is 10.0 Å². The Hall–Kier alpha value is -0.860. The van der Waals surface area contributed by atoms with Crippen molar-refractivity contribution in [1.29, 1.82) is 0 Å². The number of nitrogens with one attached hydrogen (secondary N) is 1. The molecule has 0 atom stereocenters. The smallest absolute Gasteiger partial charge is 0.242 e. The van der Waals surface area contributed by atoms with E-state index in [1.54, 1.807) is 18.3 Å². The molecule has 2 heterocycles. The van der Waals surface area contributed by atoms with E-state index in [9.17, 15) is 8.42 Å². The third-order valence-electron chi connectivity index (χ3n) is 3.43. The van der Waals surface area contributed by atoms with Gasteiger partial charge in [0, 0.05) is 35.9 Å². The van der Waals surface area contributed by atoms with Crippen molar-refractivity contribution in [2.45, 2.75) is 36.9 Å². The summed E-state index contributed by atoms with van der Waals surface area (Å²) in [6, 6.07) is 5.63. The van der Waals surface area contributed by atoms with E-state index in [0.717, 1.165) is 23.4 Å². The zero-order valence-corrected chi connectivity index (χ0v) is 13.6. The fraction of sp³-hybridized carbons (Fsp3) is 0.385. The number of hydrogen-bond acceptors (Lipinski definition) is 4. The van der Waals surface area contributed by atoms with Gasteiger partial charge in [-0.25, -0.2) is 13.1 Å². The van der Waals surface area contributed by atoms with Crippen molar-refractivity contribution in [1.82, 2.24) is 9.29 Å². The fourth-order valence-corrected chi connectivity index (χ4v) is 4.37. The first-order chi connectivity index (χ1) is 9.99. The Labute approximate surface area is 132 Å². The number of hydrogen-bond donors (Lipinski definition) is 2. The number of rotatable bonds is 6. The third-order valence-corrected chi connectivity index (χ3v) is 6.03. The Morgan fingerprint density at radius 1 is 1.43 bits per heavy atom. The molecule has 114 valence electrons. The molecule has 2 aromatic heterocycles. The number of thiophene rings is 1. The molecule has 3 rings (SSSR count). The molecule has 0 spiro atoms. The van der Waals surface area contributed by atoms with E-state index in [1.807, 2.05) is 10.6 Å². The molecule has 5 nitrogen and oxygen atoms in total. The summed E-state index contributed by atoms with van der Waals surface area (Å²) in [5, 5.41) is 0. The second kappa shape index (κ2) is 5.73. The van der Waals surface area contributed by atoms with Gasteiger partial charge in [0.1, 0.15) is 0 Å². The Morgan fingerprint density at radius 3 is 2.76 bits per heavy atom. The van der Waals surface area contributed by atoms with Crippen molar-refractivity contribution >= 4 is 33.0 Å². The second-order valence-electron chi connectivity index (χ2n) is 5.04. The Morgan fingerprint density at radius 2 is 2.19 bits per heavy atom. The van der Waals surface area contributed by atoms with Gasteiger partial charge in [-0.15, -0.1) is 11.3 Å². The summed E-state index contributed by atoms with van der Waals surface area (Å²) in [7, 11) is -3.53. The molecule has 0 radical (unpaired) electrons. The predicted octanol–water partition coefficient (Wildman–Crippen LogP) is 2.48. The lowest BCUT2D eigenvalue weighted by Crippen LogP contribution is -2.22. The molecule has 0 unspecified atom stereocenters. The van der Waals surface area contributed by atoms with Gasteiger partial charge >= 0.3 is 0 Å². The van der Waals surface area contributed by atoms with Gasteiger partial charge < -0.3 is 10.3 Å². The molecule has 0 aromatic carbocycles. The van der Waals surface area contributed by atoms with Crippen LogP contribution in [0.2, 0.25) is 4.34 Å². The Balaban J connectivity index is 1.77. The monoisotopic (exact) mass is 345 g/mol. The number of halogens is 1. The molecule has 1 aliphatic rings. The summed E-state index contributed by atoms with van der Waals surface area (Å²) >= 11 is 7.20. The number of aromatic nitrogens is 1. The van der Waals surface area contributed by atoms with Crippen LogP contribution in [0, 0.1) is 0 Å². The maximum Gasteiger partial charge on any atom is 0.242 e. The highest BCUT2D eigenvalue weighted by atomic mass is 35.5. The van der Waals surface area contributed by atoms with Gasteiger partial charge in [-0.3, -0.25) is 0 Å². The first kappa shape index (κ1) is 15.1. The van der Waals surface area contributed by atoms with Crippen LogP contribution in [-0.2, 0) is 23.1 Å². The normalized spacial score (nSPS) is 15.5. The minimum Gasteiger partial charge on any atom is -0.346 e. The van der Waals surface area contributed by atoms with E-state index in [0.29, 0.717) is 16.9 Å². The van der Waals surface area contributed by atoms with Gasteiger partial charge in [0.15, 0.2) is 0 Å². The van der Waals surface area contributed by atoms with Crippen LogP contribution in [0.1, 0.15) is 29.5 Å². The summed E-state index contributed by atoms with van der Waals surface area (Å²) in [6.07, 6.45) is 3.86. The molecular weight excluding hydrogens is 330 g/mol. The van der Waals surface area contributed by atoms with Crippen LogP contribution in [-0.4, -0.2) is 13.0 Å². The van der Waals surface area contributed by atoms with E-state index in [2.05, 4.69) is 4.72 Å². The molecule has 1 fully saturated rings. The lowest BCUT2D eigenvalue weighted by atomic mass is 10.4. The summed E-state index contributed by atoms with van der Waals surface area (Å²) in [6.45, 7) is 0.582. The molecule has 3 N–H and O–H groups in total. The van der Waals surface area contributed by atoms with Crippen LogP contribution in [0.25, 0.3) is 0 Å². The van der Waals surface area contributed by atoms with Gasteiger partial charge in [0.05, 0.1) is 9.23 Å². The van der Waals surface area contributed by atoms with Gasteiger partial charge in [0.25, 0.3) is 0 Å².